The molecular formula is C7H11N3O3. The lowest BCUT2D eigenvalue weighted by atomic mass is 10.4. The zero-order valence-electron chi connectivity index (χ0n) is 6.92. The standard InChI is InChI=1S/C7H11N3O3/c8-6-1-9-2-7(10-6)13-4-5(12)3-11/h1-2,5,11-12H,3-4H2,(H2,8,10). The Morgan fingerprint density at radius 1 is 1.54 bits per heavy atom. The normalized spacial score (nSPS) is 12.5. The molecule has 0 fully saturated rings. The van der Waals surface area contributed by atoms with Crippen molar-refractivity contribution in [1.82, 2.24) is 9.97 Å². The molecule has 1 aromatic heterocycles. The maximum atomic E-state index is 8.93. The molecule has 1 unspecified atom stereocenters. The van der Waals surface area contributed by atoms with Crippen LogP contribution in [0.1, 0.15) is 0 Å². The van der Waals surface area contributed by atoms with Crippen LogP contribution in [0.25, 0.3) is 0 Å². The van der Waals surface area contributed by atoms with Gasteiger partial charge in [0.05, 0.1) is 19.0 Å². The van der Waals surface area contributed by atoms with Crippen LogP contribution in [0.3, 0.4) is 0 Å². The average Bonchev–Trinajstić information content (AvgIpc) is 2.14. The zero-order valence-corrected chi connectivity index (χ0v) is 6.92. The first-order chi connectivity index (χ1) is 6.22. The Hall–Kier alpha value is -1.40. The van der Waals surface area contributed by atoms with Crippen molar-refractivity contribution in [3.63, 3.8) is 0 Å². The van der Waals surface area contributed by atoms with Crippen molar-refractivity contribution in [2.24, 2.45) is 0 Å². The van der Waals surface area contributed by atoms with Crippen LogP contribution in [-0.4, -0.2) is 39.5 Å². The van der Waals surface area contributed by atoms with Gasteiger partial charge in [-0.25, -0.2) is 0 Å². The van der Waals surface area contributed by atoms with Crippen molar-refractivity contribution < 1.29 is 14.9 Å². The number of nitrogens with zero attached hydrogens (tertiary/aromatic N) is 2. The quantitative estimate of drug-likeness (QED) is 0.544. The molecule has 1 aromatic rings. The third kappa shape index (κ3) is 3.22. The number of hydrogen-bond donors (Lipinski definition) is 3. The van der Waals surface area contributed by atoms with Crippen molar-refractivity contribution in [2.45, 2.75) is 6.10 Å². The van der Waals surface area contributed by atoms with Crippen LogP contribution in [0.2, 0.25) is 0 Å². The summed E-state index contributed by atoms with van der Waals surface area (Å²) in [5.41, 5.74) is 5.33. The van der Waals surface area contributed by atoms with Gasteiger partial charge in [-0.3, -0.25) is 4.98 Å². The second kappa shape index (κ2) is 4.58. The Labute approximate surface area is 75.0 Å². The highest BCUT2D eigenvalue weighted by atomic mass is 16.5. The summed E-state index contributed by atoms with van der Waals surface area (Å²) >= 11 is 0. The molecule has 72 valence electrons. The molecule has 6 nitrogen and oxygen atoms in total. The Bertz CT molecular complexity index is 269. The summed E-state index contributed by atoms with van der Waals surface area (Å²) in [5.74, 6) is 0.475. The van der Waals surface area contributed by atoms with E-state index in [9.17, 15) is 0 Å². The van der Waals surface area contributed by atoms with Gasteiger partial charge in [0.25, 0.3) is 0 Å². The van der Waals surface area contributed by atoms with Crippen molar-refractivity contribution in [3.8, 4) is 5.88 Å². The molecule has 13 heavy (non-hydrogen) atoms. The van der Waals surface area contributed by atoms with Crippen LogP contribution in [-0.2, 0) is 0 Å². The first kappa shape index (κ1) is 9.69. The van der Waals surface area contributed by atoms with Crippen LogP contribution < -0.4 is 10.5 Å². The second-order valence-electron chi connectivity index (χ2n) is 2.43. The largest absolute Gasteiger partial charge is 0.474 e. The topological polar surface area (TPSA) is 101 Å². The van der Waals surface area contributed by atoms with Gasteiger partial charge in [-0.05, 0) is 0 Å². The molecule has 0 radical (unpaired) electrons. The number of aliphatic hydroxyl groups excluding tert-OH is 2. The summed E-state index contributed by atoms with van der Waals surface area (Å²) in [5, 5.41) is 17.4. The van der Waals surface area contributed by atoms with Crippen LogP contribution in [0.4, 0.5) is 5.82 Å². The minimum Gasteiger partial charge on any atom is -0.474 e. The monoisotopic (exact) mass is 185 g/mol. The van der Waals surface area contributed by atoms with Gasteiger partial charge in [-0.1, -0.05) is 0 Å². The number of hydrogen-bond acceptors (Lipinski definition) is 6. The Morgan fingerprint density at radius 2 is 2.31 bits per heavy atom. The van der Waals surface area contributed by atoms with E-state index >= 15 is 0 Å². The van der Waals surface area contributed by atoms with Crippen molar-refractivity contribution in [1.29, 1.82) is 0 Å². The highest BCUT2D eigenvalue weighted by Crippen LogP contribution is 2.05. The van der Waals surface area contributed by atoms with Gasteiger partial charge in [0.15, 0.2) is 0 Å². The molecule has 0 aliphatic heterocycles. The number of ether oxygens (including phenoxy) is 1. The fraction of sp³-hybridized carbons (Fsp3) is 0.429. The van der Waals surface area contributed by atoms with Gasteiger partial charge >= 0.3 is 0 Å². The molecule has 0 bridgehead atoms. The number of nitrogens with two attached hydrogens (primary N) is 1. The maximum absolute atomic E-state index is 8.93. The molecule has 0 saturated heterocycles. The smallest absolute Gasteiger partial charge is 0.234 e. The average molecular weight is 185 g/mol. The van der Waals surface area contributed by atoms with Gasteiger partial charge in [0.2, 0.25) is 5.88 Å². The van der Waals surface area contributed by atoms with E-state index < -0.39 is 6.10 Å². The number of aliphatic hydroxyl groups is 2. The Kier molecular flexibility index (Phi) is 3.41. The number of rotatable bonds is 4. The SMILES string of the molecule is Nc1cncc(OCC(O)CO)n1. The third-order valence-corrected chi connectivity index (χ3v) is 1.27. The van der Waals surface area contributed by atoms with E-state index in [4.69, 9.17) is 20.7 Å². The first-order valence-electron chi connectivity index (χ1n) is 3.71. The van der Waals surface area contributed by atoms with Crippen LogP contribution >= 0.6 is 0 Å². The van der Waals surface area contributed by atoms with Crippen LogP contribution in [0.5, 0.6) is 5.88 Å². The molecule has 0 spiro atoms. The maximum Gasteiger partial charge on any atom is 0.234 e. The Balaban J connectivity index is 2.45. The van der Waals surface area contributed by atoms with Gasteiger partial charge in [-0.2, -0.15) is 4.98 Å². The summed E-state index contributed by atoms with van der Waals surface area (Å²) in [6.45, 7) is -0.385. The number of nitrogen functional groups attached to an aromatic ring is 1. The fourth-order valence-electron chi connectivity index (χ4n) is 0.666. The second-order valence-corrected chi connectivity index (χ2v) is 2.43. The van der Waals surface area contributed by atoms with E-state index in [1.54, 1.807) is 0 Å². The molecule has 1 atom stereocenters. The van der Waals surface area contributed by atoms with Gasteiger partial charge in [0.1, 0.15) is 18.5 Å². The van der Waals surface area contributed by atoms with Crippen LogP contribution in [0, 0.1) is 0 Å². The van der Waals surface area contributed by atoms with Gasteiger partial charge < -0.3 is 20.7 Å². The summed E-state index contributed by atoms with van der Waals surface area (Å²) in [6, 6.07) is 0. The molecule has 0 aromatic carbocycles. The lowest BCUT2D eigenvalue weighted by Crippen LogP contribution is -2.21. The molecule has 0 saturated carbocycles. The molecule has 1 heterocycles. The van der Waals surface area contributed by atoms with Crippen molar-refractivity contribution in [2.75, 3.05) is 18.9 Å². The fourth-order valence-corrected chi connectivity index (χ4v) is 0.666. The van der Waals surface area contributed by atoms with E-state index in [0.29, 0.717) is 0 Å². The first-order valence-corrected chi connectivity index (χ1v) is 3.71. The highest BCUT2D eigenvalue weighted by Gasteiger charge is 2.03. The van der Waals surface area contributed by atoms with Crippen molar-refractivity contribution >= 4 is 5.82 Å². The molecule has 6 heteroatoms. The van der Waals surface area contributed by atoms with Crippen LogP contribution in [0.15, 0.2) is 12.4 Å². The molecule has 4 N–H and O–H groups in total. The predicted molar refractivity (Wildman–Crippen MR) is 45.0 cm³/mol. The molecule has 1 rings (SSSR count). The summed E-state index contributed by atoms with van der Waals surface area (Å²) < 4.78 is 4.98. The van der Waals surface area contributed by atoms with Crippen molar-refractivity contribution in [3.05, 3.63) is 12.4 Å². The third-order valence-electron chi connectivity index (χ3n) is 1.27. The van der Waals surface area contributed by atoms with Gasteiger partial charge in [0, 0.05) is 0 Å². The van der Waals surface area contributed by atoms with E-state index in [-0.39, 0.29) is 24.9 Å². The lowest BCUT2D eigenvalue weighted by molar-refractivity contribution is 0.0520. The predicted octanol–water partition coefficient (Wildman–Crippen LogP) is -1.21. The minimum atomic E-state index is -0.914. The lowest BCUT2D eigenvalue weighted by Gasteiger charge is -2.08. The van der Waals surface area contributed by atoms with E-state index in [1.807, 2.05) is 0 Å². The summed E-state index contributed by atoms with van der Waals surface area (Å²) in [6.07, 6.45) is 1.85. The van der Waals surface area contributed by atoms with E-state index in [1.165, 1.54) is 12.4 Å². The summed E-state index contributed by atoms with van der Waals surface area (Å²) in [4.78, 5) is 7.51. The van der Waals surface area contributed by atoms with E-state index in [2.05, 4.69) is 9.97 Å². The number of anilines is 1. The number of aromatic nitrogens is 2. The molecule has 0 aliphatic rings. The van der Waals surface area contributed by atoms with E-state index in [0.717, 1.165) is 0 Å². The van der Waals surface area contributed by atoms with Gasteiger partial charge in [-0.15, -0.1) is 0 Å². The summed E-state index contributed by atoms with van der Waals surface area (Å²) in [7, 11) is 0. The minimum absolute atomic E-state index is 0.0331. The zero-order chi connectivity index (χ0) is 9.68. The Morgan fingerprint density at radius 3 is 2.92 bits per heavy atom. The highest BCUT2D eigenvalue weighted by molar-refractivity contribution is 5.25. The molecule has 0 aliphatic carbocycles. The molecular weight excluding hydrogens is 174 g/mol. The molecule has 0 amide bonds.